The summed E-state index contributed by atoms with van der Waals surface area (Å²) in [7, 11) is 0. The molecule has 3 aliphatic heterocycles. The van der Waals surface area contributed by atoms with Crippen molar-refractivity contribution in [1.82, 2.24) is 4.90 Å². The van der Waals surface area contributed by atoms with E-state index in [-0.39, 0.29) is 0 Å². The number of benzene rings is 2. The molecule has 1 unspecified atom stereocenters. The van der Waals surface area contributed by atoms with Crippen LogP contribution in [0.1, 0.15) is 36.4 Å². The molecule has 0 spiro atoms. The van der Waals surface area contributed by atoms with Gasteiger partial charge in [0.05, 0.1) is 6.54 Å². The summed E-state index contributed by atoms with van der Waals surface area (Å²) in [5.74, 6) is 0.832. The second-order valence-electron chi connectivity index (χ2n) is 7.18. The summed E-state index contributed by atoms with van der Waals surface area (Å²) in [4.78, 5) is 15.8. The zero-order valence-electron chi connectivity index (χ0n) is 14.3. The molecule has 3 aliphatic rings. The molecule has 2 aromatic carbocycles. The van der Waals surface area contributed by atoms with Gasteiger partial charge in [0.15, 0.2) is 0 Å². The Hall–Kier alpha value is -2.33. The summed E-state index contributed by atoms with van der Waals surface area (Å²) in [5.41, 5.74) is 3.01. The predicted molar refractivity (Wildman–Crippen MR) is 98.7 cm³/mol. The number of hydrogen-bond acceptors (Lipinski definition) is 2. The van der Waals surface area contributed by atoms with Gasteiger partial charge in [0.2, 0.25) is 0 Å². The Morgan fingerprint density at radius 2 is 1.84 bits per heavy atom. The van der Waals surface area contributed by atoms with Gasteiger partial charge < -0.3 is 5.11 Å². The fraction of sp³-hybridized carbons (Fsp3) is 0.381. The van der Waals surface area contributed by atoms with E-state index in [0.717, 1.165) is 17.2 Å². The van der Waals surface area contributed by atoms with Crippen molar-refractivity contribution in [3.05, 3.63) is 65.7 Å². The summed E-state index contributed by atoms with van der Waals surface area (Å²) < 4.78 is 0. The van der Waals surface area contributed by atoms with Crippen LogP contribution in [0, 0.1) is 5.92 Å². The highest BCUT2D eigenvalue weighted by molar-refractivity contribution is 5.86. The fourth-order valence-corrected chi connectivity index (χ4v) is 4.25. The van der Waals surface area contributed by atoms with Crippen LogP contribution < -0.4 is 4.90 Å². The van der Waals surface area contributed by atoms with Gasteiger partial charge >= 0.3 is 6.09 Å². The van der Waals surface area contributed by atoms with Gasteiger partial charge in [-0.15, -0.1) is 0 Å². The number of anilines is 1. The third-order valence-electron chi connectivity index (χ3n) is 5.63. The van der Waals surface area contributed by atoms with Crippen LogP contribution in [-0.2, 0) is 6.54 Å². The molecule has 3 fully saturated rings. The molecule has 0 radical (unpaired) electrons. The third kappa shape index (κ3) is 3.40. The first-order valence-corrected chi connectivity index (χ1v) is 9.09. The van der Waals surface area contributed by atoms with Crippen LogP contribution in [0.5, 0.6) is 0 Å². The molecule has 2 bridgehead atoms. The van der Waals surface area contributed by atoms with Crippen molar-refractivity contribution in [2.45, 2.75) is 31.8 Å². The van der Waals surface area contributed by atoms with Crippen LogP contribution in [-0.4, -0.2) is 29.2 Å². The lowest BCUT2D eigenvalue weighted by molar-refractivity contribution is 0.0490. The number of carboxylic acid groups (broad SMARTS) is 1. The van der Waals surface area contributed by atoms with Crippen LogP contribution in [0.15, 0.2) is 54.6 Å². The lowest BCUT2D eigenvalue weighted by atomic mass is 9.81. The van der Waals surface area contributed by atoms with Gasteiger partial charge in [0.1, 0.15) is 0 Å². The monoisotopic (exact) mass is 336 g/mol. The summed E-state index contributed by atoms with van der Waals surface area (Å²) in [5, 5.41) is 9.71. The molecule has 0 saturated carbocycles. The molecule has 5 rings (SSSR count). The number of nitrogens with zero attached hydrogens (tertiary/aromatic N) is 2. The van der Waals surface area contributed by atoms with E-state index in [1.165, 1.54) is 42.8 Å². The maximum atomic E-state index is 11.8. The molecular weight excluding hydrogens is 312 g/mol. The SMILES string of the molecule is O=C(O)N(Cc1ccccc1)c1cccc(C2CC3CCN2CC3)c1. The lowest BCUT2D eigenvalue weighted by Gasteiger charge is -2.45. The Balaban J connectivity index is 1.59. The van der Waals surface area contributed by atoms with E-state index in [1.807, 2.05) is 42.5 Å². The first kappa shape index (κ1) is 16.2. The zero-order valence-corrected chi connectivity index (χ0v) is 14.3. The summed E-state index contributed by atoms with van der Waals surface area (Å²) in [6, 6.07) is 18.3. The molecule has 3 heterocycles. The van der Waals surface area contributed by atoms with Crippen LogP contribution in [0.25, 0.3) is 0 Å². The van der Waals surface area contributed by atoms with Gasteiger partial charge in [-0.05, 0) is 61.5 Å². The highest BCUT2D eigenvalue weighted by Crippen LogP contribution is 2.41. The lowest BCUT2D eigenvalue weighted by Crippen LogP contribution is -2.43. The number of rotatable bonds is 4. The van der Waals surface area contributed by atoms with E-state index >= 15 is 0 Å². The number of carbonyl (C=O) groups is 1. The highest BCUT2D eigenvalue weighted by atomic mass is 16.4. The van der Waals surface area contributed by atoms with E-state index < -0.39 is 6.09 Å². The van der Waals surface area contributed by atoms with Crippen molar-refractivity contribution in [3.63, 3.8) is 0 Å². The van der Waals surface area contributed by atoms with Crippen molar-refractivity contribution >= 4 is 11.8 Å². The largest absolute Gasteiger partial charge is 0.465 e. The van der Waals surface area contributed by atoms with E-state index in [1.54, 1.807) is 0 Å². The standard InChI is InChI=1S/C21H24N2O2/c24-21(25)23(15-17-5-2-1-3-6-17)19-8-4-7-18(14-19)20-13-16-9-11-22(20)12-10-16/h1-8,14,16,20H,9-13,15H2,(H,24,25). The average Bonchev–Trinajstić information content (AvgIpc) is 2.68. The molecule has 1 amide bonds. The Morgan fingerprint density at radius 3 is 2.48 bits per heavy atom. The van der Waals surface area contributed by atoms with Gasteiger partial charge in [-0.1, -0.05) is 42.5 Å². The Morgan fingerprint density at radius 1 is 1.08 bits per heavy atom. The third-order valence-corrected chi connectivity index (χ3v) is 5.63. The van der Waals surface area contributed by atoms with Gasteiger partial charge in [0.25, 0.3) is 0 Å². The minimum atomic E-state index is -0.911. The van der Waals surface area contributed by atoms with Crippen molar-refractivity contribution in [1.29, 1.82) is 0 Å². The normalized spacial score (nSPS) is 24.9. The van der Waals surface area contributed by atoms with Crippen LogP contribution in [0.3, 0.4) is 0 Å². The number of amides is 1. The summed E-state index contributed by atoms with van der Waals surface area (Å²) in [6.07, 6.45) is 2.91. The average molecular weight is 336 g/mol. The zero-order chi connectivity index (χ0) is 17.2. The van der Waals surface area contributed by atoms with Crippen LogP contribution in [0.2, 0.25) is 0 Å². The number of hydrogen-bond donors (Lipinski definition) is 1. The highest BCUT2D eigenvalue weighted by Gasteiger charge is 2.34. The minimum absolute atomic E-state index is 0.372. The molecule has 0 aliphatic carbocycles. The molecule has 25 heavy (non-hydrogen) atoms. The fourth-order valence-electron chi connectivity index (χ4n) is 4.25. The Kier molecular flexibility index (Phi) is 4.45. The first-order chi connectivity index (χ1) is 12.2. The molecule has 4 heteroatoms. The van der Waals surface area contributed by atoms with Crippen LogP contribution >= 0.6 is 0 Å². The molecule has 130 valence electrons. The van der Waals surface area contributed by atoms with Gasteiger partial charge in [0, 0.05) is 11.7 Å². The van der Waals surface area contributed by atoms with E-state index in [2.05, 4.69) is 17.0 Å². The minimum Gasteiger partial charge on any atom is -0.465 e. The topological polar surface area (TPSA) is 43.8 Å². The maximum absolute atomic E-state index is 11.8. The second kappa shape index (κ2) is 6.89. The Bertz CT molecular complexity index is 739. The predicted octanol–water partition coefficient (Wildman–Crippen LogP) is 4.53. The molecule has 3 saturated heterocycles. The summed E-state index contributed by atoms with van der Waals surface area (Å²) >= 11 is 0. The first-order valence-electron chi connectivity index (χ1n) is 9.09. The van der Waals surface area contributed by atoms with E-state index in [9.17, 15) is 9.90 Å². The van der Waals surface area contributed by atoms with Crippen molar-refractivity contribution in [2.24, 2.45) is 5.92 Å². The molecule has 1 N–H and O–H groups in total. The molecule has 4 nitrogen and oxygen atoms in total. The van der Waals surface area contributed by atoms with Gasteiger partial charge in [-0.2, -0.15) is 0 Å². The number of piperidine rings is 3. The van der Waals surface area contributed by atoms with Crippen molar-refractivity contribution in [2.75, 3.05) is 18.0 Å². The smallest absolute Gasteiger partial charge is 0.412 e. The second-order valence-corrected chi connectivity index (χ2v) is 7.18. The van der Waals surface area contributed by atoms with Gasteiger partial charge in [-0.3, -0.25) is 9.80 Å². The van der Waals surface area contributed by atoms with Crippen LogP contribution in [0.4, 0.5) is 10.5 Å². The number of fused-ring (bicyclic) bond motifs is 3. The maximum Gasteiger partial charge on any atom is 0.412 e. The van der Waals surface area contributed by atoms with Crippen molar-refractivity contribution < 1.29 is 9.90 Å². The van der Waals surface area contributed by atoms with Crippen molar-refractivity contribution in [3.8, 4) is 0 Å². The summed E-state index contributed by atoms with van der Waals surface area (Å²) in [6.45, 7) is 2.72. The van der Waals surface area contributed by atoms with Gasteiger partial charge in [-0.25, -0.2) is 4.79 Å². The Labute approximate surface area is 148 Å². The molecule has 0 aromatic heterocycles. The molecular formula is C21H24N2O2. The van der Waals surface area contributed by atoms with E-state index in [0.29, 0.717) is 12.6 Å². The molecule has 2 aromatic rings. The van der Waals surface area contributed by atoms with E-state index in [4.69, 9.17) is 0 Å². The quantitative estimate of drug-likeness (QED) is 0.892. The molecule has 1 atom stereocenters.